The Bertz CT molecular complexity index is 1220. The molecule has 15 nitrogen and oxygen atoms in total. The summed E-state index contributed by atoms with van der Waals surface area (Å²) < 4.78 is 5.26. The lowest BCUT2D eigenvalue weighted by Crippen LogP contribution is -2.52. The van der Waals surface area contributed by atoms with Gasteiger partial charge >= 0.3 is 12.2 Å². The van der Waals surface area contributed by atoms with Gasteiger partial charge in [-0.1, -0.05) is 23.5 Å². The fourth-order valence-electron chi connectivity index (χ4n) is 3.95. The van der Waals surface area contributed by atoms with E-state index >= 15 is 0 Å². The zero-order chi connectivity index (χ0) is 29.8. The minimum atomic E-state index is -1.41. The van der Waals surface area contributed by atoms with Crippen LogP contribution in [-0.4, -0.2) is 89.1 Å². The topological polar surface area (TPSA) is 211 Å². The number of aryl methyl sites for hydroxylation is 2. The van der Waals surface area contributed by atoms with Gasteiger partial charge in [-0.05, 0) is 37.0 Å². The van der Waals surface area contributed by atoms with Gasteiger partial charge in [0.15, 0.2) is 11.4 Å². The summed E-state index contributed by atoms with van der Waals surface area (Å²) >= 11 is 1.07. The molecule has 222 valence electrons. The highest BCUT2D eigenvalue weighted by Crippen LogP contribution is 2.25. The van der Waals surface area contributed by atoms with Crippen molar-refractivity contribution in [1.29, 1.82) is 0 Å². The number of benzene rings is 1. The van der Waals surface area contributed by atoms with E-state index in [1.54, 1.807) is 29.2 Å². The number of amides is 5. The number of thiazole rings is 1. The summed E-state index contributed by atoms with van der Waals surface area (Å²) in [5, 5.41) is 30.3. The van der Waals surface area contributed by atoms with Crippen LogP contribution in [0.4, 0.5) is 20.4 Å². The Morgan fingerprint density at radius 2 is 1.68 bits per heavy atom. The Kier molecular flexibility index (Phi) is 11.7. The number of nitrogens with zero attached hydrogens (tertiary/aromatic N) is 2. The second-order valence-electron chi connectivity index (χ2n) is 9.00. The first-order chi connectivity index (χ1) is 19.6. The van der Waals surface area contributed by atoms with Crippen LogP contribution >= 0.6 is 11.3 Å². The third-order valence-corrected chi connectivity index (χ3v) is 6.87. The number of carbonyl (C=O) groups is 5. The van der Waals surface area contributed by atoms with Crippen LogP contribution in [0.25, 0.3) is 0 Å². The SMILES string of the molecule is CC(=O)Nc1nc(CCc2ccc(NC(NC(=O)O)NC(=O)O)cc2)c(C(=O)NCCCC(=O)N2CCOCC2)s1. The lowest BCUT2D eigenvalue weighted by atomic mass is 10.1. The number of carbonyl (C=O) groups excluding carboxylic acids is 3. The largest absolute Gasteiger partial charge is 0.465 e. The highest BCUT2D eigenvalue weighted by molar-refractivity contribution is 7.17. The van der Waals surface area contributed by atoms with Crippen molar-refractivity contribution < 1.29 is 38.9 Å². The maximum Gasteiger partial charge on any atom is 0.407 e. The zero-order valence-electron chi connectivity index (χ0n) is 22.4. The van der Waals surface area contributed by atoms with Crippen molar-refractivity contribution in [2.45, 2.75) is 38.9 Å². The molecule has 16 heteroatoms. The van der Waals surface area contributed by atoms with Gasteiger partial charge < -0.3 is 35.8 Å². The van der Waals surface area contributed by atoms with Gasteiger partial charge in [0.1, 0.15) is 4.88 Å². The predicted molar refractivity (Wildman–Crippen MR) is 149 cm³/mol. The lowest BCUT2D eigenvalue weighted by Gasteiger charge is -2.26. The smallest absolute Gasteiger partial charge is 0.407 e. The van der Waals surface area contributed by atoms with Crippen molar-refractivity contribution in [1.82, 2.24) is 25.8 Å². The Balaban J connectivity index is 1.57. The Morgan fingerprint density at radius 1 is 1.02 bits per heavy atom. The second kappa shape index (κ2) is 15.4. The number of morpholine rings is 1. The highest BCUT2D eigenvalue weighted by Gasteiger charge is 2.20. The number of hydrogen-bond acceptors (Lipinski definition) is 9. The molecule has 3 rings (SSSR count). The molecule has 41 heavy (non-hydrogen) atoms. The predicted octanol–water partition coefficient (Wildman–Crippen LogP) is 1.49. The standard InChI is InChI=1S/C25H33N7O8S/c1-15(33)27-23-29-18(20(41-23)21(35)26-10-2-3-19(34)32-11-13-40-14-12-32)9-6-16-4-7-17(8-5-16)28-22(30-24(36)37)31-25(38)39/h4-5,7-8,22,28,30-31H,2-3,6,9-14H2,1H3,(H,26,35)(H,36,37)(H,38,39)(H,27,29,33). The molecule has 1 aliphatic heterocycles. The van der Waals surface area contributed by atoms with Gasteiger partial charge in [0, 0.05) is 38.7 Å². The minimum absolute atomic E-state index is 0.0296. The second-order valence-corrected chi connectivity index (χ2v) is 10.0. The summed E-state index contributed by atoms with van der Waals surface area (Å²) in [6.07, 6.45) is -2.37. The molecule has 0 atom stereocenters. The van der Waals surface area contributed by atoms with E-state index in [1.165, 1.54) is 6.92 Å². The number of carboxylic acid groups (broad SMARTS) is 2. The van der Waals surface area contributed by atoms with Gasteiger partial charge in [-0.15, -0.1) is 0 Å². The molecule has 7 N–H and O–H groups in total. The zero-order valence-corrected chi connectivity index (χ0v) is 23.2. The van der Waals surface area contributed by atoms with E-state index in [0.717, 1.165) is 16.9 Å². The van der Waals surface area contributed by atoms with Crippen LogP contribution in [0.3, 0.4) is 0 Å². The molecular formula is C25H33N7O8S. The average Bonchev–Trinajstić information content (AvgIpc) is 3.32. The van der Waals surface area contributed by atoms with E-state index in [0.29, 0.717) is 79.9 Å². The van der Waals surface area contributed by atoms with Crippen molar-refractivity contribution in [2.24, 2.45) is 0 Å². The fraction of sp³-hybridized carbons (Fsp3) is 0.440. The first kappa shape index (κ1) is 31.1. The monoisotopic (exact) mass is 591 g/mol. The van der Waals surface area contributed by atoms with Crippen LogP contribution < -0.4 is 26.6 Å². The summed E-state index contributed by atoms with van der Waals surface area (Å²) in [5.41, 5.74) is 1.86. The van der Waals surface area contributed by atoms with E-state index in [-0.39, 0.29) is 17.7 Å². The highest BCUT2D eigenvalue weighted by atomic mass is 32.1. The Labute approximate surface area is 239 Å². The van der Waals surface area contributed by atoms with E-state index < -0.39 is 18.5 Å². The van der Waals surface area contributed by atoms with Crippen molar-refractivity contribution in [2.75, 3.05) is 43.5 Å². The normalized spacial score (nSPS) is 12.9. The number of anilines is 2. The molecule has 0 unspecified atom stereocenters. The van der Waals surface area contributed by atoms with E-state index in [1.807, 2.05) is 10.6 Å². The summed E-state index contributed by atoms with van der Waals surface area (Å²) in [6.45, 7) is 3.87. The summed E-state index contributed by atoms with van der Waals surface area (Å²) in [4.78, 5) is 65.1. The molecule has 0 bridgehead atoms. The molecule has 0 aliphatic carbocycles. The molecule has 0 saturated carbocycles. The molecule has 5 amide bonds. The van der Waals surface area contributed by atoms with Crippen LogP contribution in [0.5, 0.6) is 0 Å². The Morgan fingerprint density at radius 3 is 2.29 bits per heavy atom. The van der Waals surface area contributed by atoms with Crippen LogP contribution in [0.2, 0.25) is 0 Å². The molecule has 1 fully saturated rings. The number of rotatable bonds is 13. The van der Waals surface area contributed by atoms with Crippen molar-refractivity contribution in [3.8, 4) is 0 Å². The van der Waals surface area contributed by atoms with Crippen molar-refractivity contribution >= 4 is 52.1 Å². The Hall–Kier alpha value is -4.44. The summed E-state index contributed by atoms with van der Waals surface area (Å²) in [5.74, 6) is -0.618. The van der Waals surface area contributed by atoms with Gasteiger partial charge in [-0.25, -0.2) is 14.6 Å². The first-order valence-electron chi connectivity index (χ1n) is 12.9. The first-order valence-corrected chi connectivity index (χ1v) is 13.7. The maximum absolute atomic E-state index is 13.0. The molecule has 1 aliphatic rings. The molecular weight excluding hydrogens is 558 g/mol. The van der Waals surface area contributed by atoms with E-state index in [9.17, 15) is 24.0 Å². The maximum atomic E-state index is 13.0. The van der Waals surface area contributed by atoms with Crippen molar-refractivity contribution in [3.05, 3.63) is 40.4 Å². The van der Waals surface area contributed by atoms with Gasteiger partial charge in [0.25, 0.3) is 5.91 Å². The van der Waals surface area contributed by atoms with E-state index in [2.05, 4.69) is 20.9 Å². The average molecular weight is 592 g/mol. The summed E-state index contributed by atoms with van der Waals surface area (Å²) in [6, 6.07) is 6.86. The van der Waals surface area contributed by atoms with Crippen LogP contribution in [0, 0.1) is 0 Å². The molecule has 0 spiro atoms. The quantitative estimate of drug-likeness (QED) is 0.132. The number of aromatic nitrogens is 1. The minimum Gasteiger partial charge on any atom is -0.465 e. The summed E-state index contributed by atoms with van der Waals surface area (Å²) in [7, 11) is 0. The van der Waals surface area contributed by atoms with Gasteiger partial charge in [0.2, 0.25) is 11.8 Å². The van der Waals surface area contributed by atoms with Crippen LogP contribution in [-0.2, 0) is 27.2 Å². The van der Waals surface area contributed by atoms with Crippen molar-refractivity contribution in [3.63, 3.8) is 0 Å². The molecule has 0 radical (unpaired) electrons. The van der Waals surface area contributed by atoms with Gasteiger partial charge in [0.05, 0.1) is 18.9 Å². The molecule has 1 aromatic heterocycles. The number of hydrogen-bond donors (Lipinski definition) is 7. The van der Waals surface area contributed by atoms with E-state index in [4.69, 9.17) is 14.9 Å². The number of nitrogens with one attached hydrogen (secondary N) is 5. The molecule has 1 aromatic carbocycles. The van der Waals surface area contributed by atoms with Gasteiger partial charge in [-0.3, -0.25) is 25.0 Å². The third kappa shape index (κ3) is 10.6. The van der Waals surface area contributed by atoms with Crippen LogP contribution in [0.15, 0.2) is 24.3 Å². The van der Waals surface area contributed by atoms with Gasteiger partial charge in [-0.2, -0.15) is 0 Å². The molecule has 2 aromatic rings. The van der Waals surface area contributed by atoms with Crippen LogP contribution in [0.1, 0.15) is 40.7 Å². The molecule has 2 heterocycles. The fourth-order valence-corrected chi connectivity index (χ4v) is 4.92. The third-order valence-electron chi connectivity index (χ3n) is 5.85. The number of ether oxygens (including phenoxy) is 1. The molecule has 1 saturated heterocycles. The lowest BCUT2D eigenvalue weighted by molar-refractivity contribution is -0.135.